The Bertz CT molecular complexity index is 308. The van der Waals surface area contributed by atoms with Crippen LogP contribution in [0.5, 0.6) is 0 Å². The van der Waals surface area contributed by atoms with Gasteiger partial charge in [-0.05, 0) is 31.1 Å². The van der Waals surface area contributed by atoms with Gasteiger partial charge in [0.2, 0.25) is 5.91 Å². The van der Waals surface area contributed by atoms with Crippen LogP contribution in [0.1, 0.15) is 12.5 Å². The lowest BCUT2D eigenvalue weighted by atomic mass is 10.1. The predicted octanol–water partition coefficient (Wildman–Crippen LogP) is 1.31. The average molecular weight is 190 g/mol. The summed E-state index contributed by atoms with van der Waals surface area (Å²) >= 11 is 0. The molecule has 0 spiro atoms. The summed E-state index contributed by atoms with van der Waals surface area (Å²) < 4.78 is 0. The molecule has 1 N–H and O–H groups in total. The number of carbonyl (C=O) groups excluding carboxylic acids is 1. The van der Waals surface area contributed by atoms with Gasteiger partial charge in [0, 0.05) is 18.4 Å². The maximum Gasteiger partial charge on any atom is 0.243 e. The highest BCUT2D eigenvalue weighted by Crippen LogP contribution is 2.00. The summed E-state index contributed by atoms with van der Waals surface area (Å²) in [4.78, 5) is 15.0. The van der Waals surface area contributed by atoms with Crippen molar-refractivity contribution in [2.24, 2.45) is 0 Å². The van der Waals surface area contributed by atoms with Gasteiger partial charge in [-0.3, -0.25) is 9.78 Å². The molecule has 3 heteroatoms. The van der Waals surface area contributed by atoms with Crippen molar-refractivity contribution >= 4 is 5.91 Å². The van der Waals surface area contributed by atoms with E-state index in [1.807, 2.05) is 19.1 Å². The minimum absolute atomic E-state index is 0.102. The van der Waals surface area contributed by atoms with Crippen LogP contribution in [0.3, 0.4) is 0 Å². The Morgan fingerprint density at radius 1 is 1.79 bits per heavy atom. The van der Waals surface area contributed by atoms with Crippen LogP contribution >= 0.6 is 0 Å². The van der Waals surface area contributed by atoms with E-state index in [1.165, 1.54) is 6.08 Å². The van der Waals surface area contributed by atoms with Crippen molar-refractivity contribution in [1.29, 1.82) is 0 Å². The second-order valence-corrected chi connectivity index (χ2v) is 3.18. The van der Waals surface area contributed by atoms with Crippen LogP contribution in [-0.4, -0.2) is 16.9 Å². The molecule has 0 bridgehead atoms. The molecular weight excluding hydrogens is 176 g/mol. The summed E-state index contributed by atoms with van der Waals surface area (Å²) in [7, 11) is 0. The summed E-state index contributed by atoms with van der Waals surface area (Å²) in [5.41, 5.74) is 1.12. The molecule has 1 atom stereocenters. The van der Waals surface area contributed by atoms with Crippen molar-refractivity contribution < 1.29 is 4.79 Å². The maximum atomic E-state index is 11.0. The lowest BCUT2D eigenvalue weighted by molar-refractivity contribution is -0.117. The molecule has 0 saturated heterocycles. The number of rotatable bonds is 4. The van der Waals surface area contributed by atoms with Crippen LogP contribution in [0, 0.1) is 0 Å². The van der Waals surface area contributed by atoms with Crippen LogP contribution in [0.4, 0.5) is 0 Å². The van der Waals surface area contributed by atoms with Crippen molar-refractivity contribution in [2.75, 3.05) is 0 Å². The van der Waals surface area contributed by atoms with Crippen molar-refractivity contribution in [1.82, 2.24) is 10.3 Å². The van der Waals surface area contributed by atoms with E-state index in [1.54, 1.807) is 12.4 Å². The number of nitrogens with zero attached hydrogens (tertiary/aromatic N) is 1. The van der Waals surface area contributed by atoms with E-state index >= 15 is 0 Å². The molecule has 0 saturated carbocycles. The fourth-order valence-corrected chi connectivity index (χ4v) is 1.23. The zero-order chi connectivity index (χ0) is 10.4. The third kappa shape index (κ3) is 3.39. The molecule has 1 aromatic rings. The molecule has 14 heavy (non-hydrogen) atoms. The van der Waals surface area contributed by atoms with Crippen LogP contribution < -0.4 is 5.32 Å². The van der Waals surface area contributed by atoms with Crippen LogP contribution in [0.25, 0.3) is 0 Å². The van der Waals surface area contributed by atoms with Crippen molar-refractivity contribution in [3.63, 3.8) is 0 Å². The van der Waals surface area contributed by atoms with E-state index in [4.69, 9.17) is 0 Å². The molecule has 0 aliphatic rings. The summed E-state index contributed by atoms with van der Waals surface area (Å²) in [6.07, 6.45) is 5.60. The molecular formula is C11H14N2O. The van der Waals surface area contributed by atoms with Crippen molar-refractivity contribution in [3.05, 3.63) is 42.7 Å². The van der Waals surface area contributed by atoms with E-state index in [-0.39, 0.29) is 11.9 Å². The zero-order valence-electron chi connectivity index (χ0n) is 8.23. The Kier molecular flexibility index (Phi) is 3.85. The quantitative estimate of drug-likeness (QED) is 0.727. The van der Waals surface area contributed by atoms with Gasteiger partial charge in [-0.15, -0.1) is 0 Å². The Morgan fingerprint density at radius 3 is 3.14 bits per heavy atom. The maximum absolute atomic E-state index is 11.0. The van der Waals surface area contributed by atoms with Gasteiger partial charge in [0.1, 0.15) is 0 Å². The Hall–Kier alpha value is -1.64. The number of nitrogens with one attached hydrogen (secondary N) is 1. The fraction of sp³-hybridized carbons (Fsp3) is 0.273. The van der Waals surface area contributed by atoms with E-state index in [0.717, 1.165) is 12.0 Å². The minimum atomic E-state index is -0.138. The monoisotopic (exact) mass is 190 g/mol. The van der Waals surface area contributed by atoms with Gasteiger partial charge < -0.3 is 5.32 Å². The fourth-order valence-electron chi connectivity index (χ4n) is 1.23. The molecule has 3 nitrogen and oxygen atoms in total. The first kappa shape index (κ1) is 10.4. The summed E-state index contributed by atoms with van der Waals surface area (Å²) in [5, 5.41) is 2.79. The number of hydrogen-bond donors (Lipinski definition) is 1. The third-order valence-electron chi connectivity index (χ3n) is 1.84. The smallest absolute Gasteiger partial charge is 0.243 e. The number of pyridine rings is 1. The lowest BCUT2D eigenvalue weighted by Gasteiger charge is -2.11. The third-order valence-corrected chi connectivity index (χ3v) is 1.84. The van der Waals surface area contributed by atoms with Gasteiger partial charge in [-0.2, -0.15) is 0 Å². The second kappa shape index (κ2) is 5.17. The number of amides is 1. The van der Waals surface area contributed by atoms with Crippen LogP contribution in [-0.2, 0) is 11.2 Å². The molecule has 0 aliphatic carbocycles. The molecule has 74 valence electrons. The Labute approximate surface area is 83.9 Å². The lowest BCUT2D eigenvalue weighted by Crippen LogP contribution is -2.32. The molecule has 0 fully saturated rings. The first-order valence-corrected chi connectivity index (χ1v) is 4.54. The highest BCUT2D eigenvalue weighted by Gasteiger charge is 2.04. The van der Waals surface area contributed by atoms with Gasteiger partial charge in [-0.25, -0.2) is 0 Å². The van der Waals surface area contributed by atoms with Gasteiger partial charge in [0.15, 0.2) is 0 Å². The molecule has 1 aromatic heterocycles. The summed E-state index contributed by atoms with van der Waals surface area (Å²) in [6, 6.07) is 3.98. The zero-order valence-corrected chi connectivity index (χ0v) is 8.23. The Morgan fingerprint density at radius 2 is 2.57 bits per heavy atom. The Balaban J connectivity index is 2.45. The van der Waals surface area contributed by atoms with Crippen molar-refractivity contribution in [2.45, 2.75) is 19.4 Å². The van der Waals surface area contributed by atoms with Crippen LogP contribution in [0.15, 0.2) is 37.2 Å². The molecule has 0 aromatic carbocycles. The first-order valence-electron chi connectivity index (χ1n) is 4.54. The highest BCUT2D eigenvalue weighted by atomic mass is 16.1. The molecule has 1 amide bonds. The number of aromatic nitrogens is 1. The predicted molar refractivity (Wildman–Crippen MR) is 55.7 cm³/mol. The van der Waals surface area contributed by atoms with E-state index in [9.17, 15) is 4.79 Å². The highest BCUT2D eigenvalue weighted by molar-refractivity contribution is 5.87. The topological polar surface area (TPSA) is 42.0 Å². The van der Waals surface area contributed by atoms with Gasteiger partial charge in [0.25, 0.3) is 0 Å². The summed E-state index contributed by atoms with van der Waals surface area (Å²) in [6.45, 7) is 5.35. The van der Waals surface area contributed by atoms with E-state index < -0.39 is 0 Å². The van der Waals surface area contributed by atoms with E-state index in [2.05, 4.69) is 16.9 Å². The average Bonchev–Trinajstić information content (AvgIpc) is 2.19. The van der Waals surface area contributed by atoms with Gasteiger partial charge in [0.05, 0.1) is 0 Å². The SMILES string of the molecule is C=CC(=O)NC(C)Cc1cccnc1. The molecule has 1 heterocycles. The molecule has 1 unspecified atom stereocenters. The van der Waals surface area contributed by atoms with Crippen LogP contribution in [0.2, 0.25) is 0 Å². The molecule has 1 rings (SSSR count). The van der Waals surface area contributed by atoms with Gasteiger partial charge in [-0.1, -0.05) is 12.6 Å². The number of carbonyl (C=O) groups is 1. The molecule has 0 aliphatic heterocycles. The van der Waals surface area contributed by atoms with E-state index in [0.29, 0.717) is 0 Å². The normalized spacial score (nSPS) is 11.8. The second-order valence-electron chi connectivity index (χ2n) is 3.18. The largest absolute Gasteiger partial charge is 0.350 e. The standard InChI is InChI=1S/C11H14N2O/c1-3-11(14)13-9(2)7-10-5-4-6-12-8-10/h3-6,8-9H,1,7H2,2H3,(H,13,14). The number of hydrogen-bond acceptors (Lipinski definition) is 2. The van der Waals surface area contributed by atoms with Crippen molar-refractivity contribution in [3.8, 4) is 0 Å². The molecule has 0 radical (unpaired) electrons. The minimum Gasteiger partial charge on any atom is -0.350 e. The summed E-state index contributed by atoms with van der Waals surface area (Å²) in [5.74, 6) is -0.138. The first-order chi connectivity index (χ1) is 6.72. The van der Waals surface area contributed by atoms with Gasteiger partial charge >= 0.3 is 0 Å².